The van der Waals surface area contributed by atoms with Crippen LogP contribution >= 0.6 is 0 Å². The average molecular weight is 265 g/mol. The Morgan fingerprint density at radius 1 is 0.850 bits per heavy atom. The first-order valence-electron chi connectivity index (χ1n) is 6.43. The highest BCUT2D eigenvalue weighted by Gasteiger charge is 2.05. The molecule has 0 aliphatic heterocycles. The second-order valence-electron chi connectivity index (χ2n) is 4.58. The molecular formula is C17H15NO2. The van der Waals surface area contributed by atoms with Gasteiger partial charge in [0.15, 0.2) is 0 Å². The van der Waals surface area contributed by atoms with Crippen LogP contribution in [0.25, 0.3) is 22.6 Å². The van der Waals surface area contributed by atoms with Crippen LogP contribution in [0.1, 0.15) is 5.76 Å². The number of hydrogen-bond acceptors (Lipinski definition) is 3. The van der Waals surface area contributed by atoms with E-state index in [1.165, 1.54) is 0 Å². The highest BCUT2D eigenvalue weighted by molar-refractivity contribution is 5.67. The zero-order valence-electron chi connectivity index (χ0n) is 11.5. The van der Waals surface area contributed by atoms with Gasteiger partial charge in [0.2, 0.25) is 5.89 Å². The molecule has 0 atom stereocenters. The summed E-state index contributed by atoms with van der Waals surface area (Å²) in [5.74, 6) is 2.34. The first kappa shape index (κ1) is 12.5. The maximum absolute atomic E-state index is 5.52. The first-order chi connectivity index (χ1) is 9.76. The number of hydrogen-bond donors (Lipinski definition) is 0. The summed E-state index contributed by atoms with van der Waals surface area (Å²) < 4.78 is 10.7. The predicted octanol–water partition coefficient (Wildman–Crippen LogP) is 4.33. The molecule has 0 aliphatic rings. The molecule has 2 aromatic carbocycles. The summed E-state index contributed by atoms with van der Waals surface area (Å²) in [7, 11) is 1.67. The molecule has 0 radical (unpaired) electrons. The topological polar surface area (TPSA) is 35.3 Å². The van der Waals surface area contributed by atoms with Gasteiger partial charge in [0.05, 0.1) is 13.3 Å². The minimum atomic E-state index is 0.656. The van der Waals surface area contributed by atoms with E-state index in [0.717, 1.165) is 28.2 Å². The highest BCUT2D eigenvalue weighted by Crippen LogP contribution is 2.25. The van der Waals surface area contributed by atoms with Crippen LogP contribution in [0.5, 0.6) is 5.75 Å². The minimum absolute atomic E-state index is 0.656. The van der Waals surface area contributed by atoms with E-state index in [-0.39, 0.29) is 0 Å². The summed E-state index contributed by atoms with van der Waals surface area (Å²) in [6.07, 6.45) is 1.73. The van der Waals surface area contributed by atoms with E-state index in [4.69, 9.17) is 9.15 Å². The molecule has 0 aliphatic carbocycles. The monoisotopic (exact) mass is 265 g/mol. The van der Waals surface area contributed by atoms with Gasteiger partial charge in [-0.2, -0.15) is 0 Å². The predicted molar refractivity (Wildman–Crippen MR) is 78.7 cm³/mol. The van der Waals surface area contributed by atoms with E-state index in [1.807, 2.05) is 43.3 Å². The molecule has 0 saturated heterocycles. The second-order valence-corrected chi connectivity index (χ2v) is 4.58. The summed E-state index contributed by atoms with van der Waals surface area (Å²) in [5.41, 5.74) is 3.29. The van der Waals surface area contributed by atoms with Crippen LogP contribution in [0.2, 0.25) is 0 Å². The standard InChI is InChI=1S/C17H15NO2/c1-12-11-18-17(20-12)15-5-3-13(4-6-15)14-7-9-16(19-2)10-8-14/h3-11H,1-2H3. The van der Waals surface area contributed by atoms with E-state index in [9.17, 15) is 0 Å². The van der Waals surface area contributed by atoms with E-state index in [0.29, 0.717) is 5.89 Å². The minimum Gasteiger partial charge on any atom is -0.497 e. The smallest absolute Gasteiger partial charge is 0.226 e. The van der Waals surface area contributed by atoms with E-state index >= 15 is 0 Å². The summed E-state index contributed by atoms with van der Waals surface area (Å²) in [4.78, 5) is 4.23. The van der Waals surface area contributed by atoms with Gasteiger partial charge >= 0.3 is 0 Å². The maximum Gasteiger partial charge on any atom is 0.226 e. The van der Waals surface area contributed by atoms with Crippen molar-refractivity contribution in [2.45, 2.75) is 6.92 Å². The SMILES string of the molecule is COc1ccc(-c2ccc(-c3ncc(C)o3)cc2)cc1. The van der Waals surface area contributed by atoms with Gasteiger partial charge in [-0.05, 0) is 42.3 Å². The number of ether oxygens (including phenoxy) is 1. The van der Waals surface area contributed by atoms with Gasteiger partial charge in [0, 0.05) is 5.56 Å². The summed E-state index contributed by atoms with van der Waals surface area (Å²) in [5, 5.41) is 0. The zero-order valence-corrected chi connectivity index (χ0v) is 11.5. The van der Waals surface area contributed by atoms with Gasteiger partial charge in [-0.1, -0.05) is 24.3 Å². The van der Waals surface area contributed by atoms with Crippen molar-refractivity contribution in [3.8, 4) is 28.3 Å². The molecule has 0 amide bonds. The number of rotatable bonds is 3. The Balaban J connectivity index is 1.88. The molecule has 0 fully saturated rings. The number of methoxy groups -OCH3 is 1. The van der Waals surface area contributed by atoms with Crippen LogP contribution in [0.4, 0.5) is 0 Å². The molecule has 0 spiro atoms. The normalized spacial score (nSPS) is 10.5. The van der Waals surface area contributed by atoms with Crippen molar-refractivity contribution in [2.75, 3.05) is 7.11 Å². The van der Waals surface area contributed by atoms with Gasteiger partial charge in [0.1, 0.15) is 11.5 Å². The van der Waals surface area contributed by atoms with Crippen molar-refractivity contribution in [3.63, 3.8) is 0 Å². The van der Waals surface area contributed by atoms with Crippen molar-refractivity contribution in [1.82, 2.24) is 4.98 Å². The lowest BCUT2D eigenvalue weighted by atomic mass is 10.0. The van der Waals surface area contributed by atoms with E-state index in [1.54, 1.807) is 13.3 Å². The Morgan fingerprint density at radius 3 is 1.90 bits per heavy atom. The van der Waals surface area contributed by atoms with Crippen LogP contribution in [-0.4, -0.2) is 12.1 Å². The Hall–Kier alpha value is -2.55. The number of benzene rings is 2. The Labute approximate surface area is 117 Å². The van der Waals surface area contributed by atoms with Gasteiger partial charge in [-0.25, -0.2) is 4.98 Å². The maximum atomic E-state index is 5.52. The van der Waals surface area contributed by atoms with Crippen molar-refractivity contribution >= 4 is 0 Å². The molecule has 20 heavy (non-hydrogen) atoms. The van der Waals surface area contributed by atoms with Gasteiger partial charge in [0.25, 0.3) is 0 Å². The van der Waals surface area contributed by atoms with Crippen molar-refractivity contribution in [1.29, 1.82) is 0 Å². The van der Waals surface area contributed by atoms with E-state index < -0.39 is 0 Å². The number of oxazole rings is 1. The third kappa shape index (κ3) is 2.43. The lowest BCUT2D eigenvalue weighted by Crippen LogP contribution is -1.83. The molecule has 1 heterocycles. The third-order valence-electron chi connectivity index (χ3n) is 3.18. The van der Waals surface area contributed by atoms with Crippen molar-refractivity contribution in [3.05, 3.63) is 60.5 Å². The highest BCUT2D eigenvalue weighted by atomic mass is 16.5. The van der Waals surface area contributed by atoms with Crippen LogP contribution in [-0.2, 0) is 0 Å². The summed E-state index contributed by atoms with van der Waals surface area (Å²) in [6, 6.07) is 16.2. The molecule has 0 unspecified atom stereocenters. The zero-order chi connectivity index (χ0) is 13.9. The number of nitrogens with zero attached hydrogens (tertiary/aromatic N) is 1. The Kier molecular flexibility index (Phi) is 3.25. The molecule has 3 aromatic rings. The number of aryl methyl sites for hydroxylation is 1. The second kappa shape index (κ2) is 5.21. The first-order valence-corrected chi connectivity index (χ1v) is 6.43. The fourth-order valence-corrected chi connectivity index (χ4v) is 2.08. The lowest BCUT2D eigenvalue weighted by Gasteiger charge is -2.04. The molecule has 0 saturated carbocycles. The Bertz CT molecular complexity index is 697. The largest absolute Gasteiger partial charge is 0.497 e. The van der Waals surface area contributed by atoms with Crippen molar-refractivity contribution in [2.24, 2.45) is 0 Å². The van der Waals surface area contributed by atoms with Crippen LogP contribution < -0.4 is 4.74 Å². The van der Waals surface area contributed by atoms with Crippen LogP contribution in [0.15, 0.2) is 59.1 Å². The van der Waals surface area contributed by atoms with Gasteiger partial charge in [-0.3, -0.25) is 0 Å². The quantitative estimate of drug-likeness (QED) is 0.707. The van der Waals surface area contributed by atoms with Crippen molar-refractivity contribution < 1.29 is 9.15 Å². The fourth-order valence-electron chi connectivity index (χ4n) is 2.08. The molecule has 100 valence electrons. The summed E-state index contributed by atoms with van der Waals surface area (Å²) >= 11 is 0. The Morgan fingerprint density at radius 2 is 1.40 bits per heavy atom. The molecule has 0 bridgehead atoms. The van der Waals surface area contributed by atoms with Gasteiger partial charge < -0.3 is 9.15 Å². The molecular weight excluding hydrogens is 250 g/mol. The van der Waals surface area contributed by atoms with E-state index in [2.05, 4.69) is 17.1 Å². The third-order valence-corrected chi connectivity index (χ3v) is 3.18. The fraction of sp³-hybridized carbons (Fsp3) is 0.118. The lowest BCUT2D eigenvalue weighted by molar-refractivity contribution is 0.415. The van der Waals surface area contributed by atoms with Crippen LogP contribution in [0, 0.1) is 6.92 Å². The average Bonchev–Trinajstić information content (AvgIpc) is 2.94. The van der Waals surface area contributed by atoms with Crippen LogP contribution in [0.3, 0.4) is 0 Å². The van der Waals surface area contributed by atoms with Gasteiger partial charge in [-0.15, -0.1) is 0 Å². The molecule has 1 aromatic heterocycles. The molecule has 3 nitrogen and oxygen atoms in total. The number of aromatic nitrogens is 1. The molecule has 3 rings (SSSR count). The summed E-state index contributed by atoms with van der Waals surface area (Å²) in [6.45, 7) is 1.89. The molecule has 3 heteroatoms. The molecule has 0 N–H and O–H groups in total.